The standard InChI is InChI=1S/C19H23N3O2/c23-12-11-20-15-21(13-17-7-3-1-4-8-17)19(24)22(16-20)14-18-9-5-2-6-10-18/h1-10,23H,11-16H2. The molecule has 2 aromatic carbocycles. The van der Waals surface area contributed by atoms with Crippen molar-refractivity contribution in [2.24, 2.45) is 0 Å². The van der Waals surface area contributed by atoms with Crippen LogP contribution in [0, 0.1) is 0 Å². The lowest BCUT2D eigenvalue weighted by atomic mass is 10.2. The van der Waals surface area contributed by atoms with Crippen molar-refractivity contribution < 1.29 is 9.90 Å². The second-order valence-corrected chi connectivity index (χ2v) is 6.05. The highest BCUT2D eigenvalue weighted by Crippen LogP contribution is 2.16. The van der Waals surface area contributed by atoms with E-state index in [1.807, 2.05) is 70.5 Å². The van der Waals surface area contributed by atoms with Crippen LogP contribution in [0.15, 0.2) is 60.7 Å². The number of carbonyl (C=O) groups excluding carboxylic acids is 1. The predicted molar refractivity (Wildman–Crippen MR) is 92.9 cm³/mol. The van der Waals surface area contributed by atoms with Gasteiger partial charge < -0.3 is 14.9 Å². The Labute approximate surface area is 142 Å². The van der Waals surface area contributed by atoms with Gasteiger partial charge in [-0.3, -0.25) is 4.90 Å². The molecule has 126 valence electrons. The number of carbonyl (C=O) groups is 1. The van der Waals surface area contributed by atoms with Gasteiger partial charge in [0.25, 0.3) is 0 Å². The fraction of sp³-hybridized carbons (Fsp3) is 0.316. The second-order valence-electron chi connectivity index (χ2n) is 6.05. The summed E-state index contributed by atoms with van der Waals surface area (Å²) >= 11 is 0. The number of hydrogen-bond donors (Lipinski definition) is 1. The van der Waals surface area contributed by atoms with Gasteiger partial charge in [0.15, 0.2) is 0 Å². The zero-order valence-electron chi connectivity index (χ0n) is 13.7. The van der Waals surface area contributed by atoms with Crippen LogP contribution in [0.1, 0.15) is 11.1 Å². The summed E-state index contributed by atoms with van der Waals surface area (Å²) in [5.74, 6) is 0. The lowest BCUT2D eigenvalue weighted by Crippen LogP contribution is -2.57. The fourth-order valence-corrected chi connectivity index (χ4v) is 2.97. The average Bonchev–Trinajstić information content (AvgIpc) is 2.61. The number of urea groups is 1. The molecule has 0 unspecified atom stereocenters. The van der Waals surface area contributed by atoms with Gasteiger partial charge in [0.1, 0.15) is 0 Å². The number of rotatable bonds is 6. The largest absolute Gasteiger partial charge is 0.395 e. The molecule has 3 rings (SSSR count). The Bertz CT molecular complexity index is 595. The molecule has 1 saturated heterocycles. The summed E-state index contributed by atoms with van der Waals surface area (Å²) in [4.78, 5) is 18.6. The summed E-state index contributed by atoms with van der Waals surface area (Å²) in [5, 5.41) is 9.27. The molecule has 5 nitrogen and oxygen atoms in total. The number of aliphatic hydroxyl groups excluding tert-OH is 1. The topological polar surface area (TPSA) is 47.0 Å². The number of benzene rings is 2. The Hall–Kier alpha value is -2.37. The van der Waals surface area contributed by atoms with E-state index < -0.39 is 0 Å². The molecule has 0 aliphatic carbocycles. The number of aliphatic hydroxyl groups is 1. The van der Waals surface area contributed by atoms with Crippen LogP contribution >= 0.6 is 0 Å². The molecule has 1 aliphatic rings. The highest BCUT2D eigenvalue weighted by molar-refractivity contribution is 5.75. The molecule has 24 heavy (non-hydrogen) atoms. The van der Waals surface area contributed by atoms with Gasteiger partial charge in [-0.2, -0.15) is 0 Å². The molecular formula is C19H23N3O2. The Kier molecular flexibility index (Phi) is 5.46. The normalized spacial score (nSPS) is 15.8. The van der Waals surface area contributed by atoms with Crippen molar-refractivity contribution in [1.29, 1.82) is 0 Å². The van der Waals surface area contributed by atoms with Crippen molar-refractivity contribution in [2.75, 3.05) is 26.5 Å². The Morgan fingerprint density at radius 2 is 1.25 bits per heavy atom. The van der Waals surface area contributed by atoms with Crippen LogP contribution in [0.4, 0.5) is 4.79 Å². The number of hydrogen-bond acceptors (Lipinski definition) is 3. The minimum Gasteiger partial charge on any atom is -0.395 e. The summed E-state index contributed by atoms with van der Waals surface area (Å²) in [7, 11) is 0. The zero-order chi connectivity index (χ0) is 16.8. The van der Waals surface area contributed by atoms with Crippen LogP contribution < -0.4 is 0 Å². The van der Waals surface area contributed by atoms with Gasteiger partial charge in [0.05, 0.1) is 19.9 Å². The maximum Gasteiger partial charge on any atom is 0.322 e. The Balaban J connectivity index is 1.74. The van der Waals surface area contributed by atoms with Crippen LogP contribution in [0.5, 0.6) is 0 Å². The maximum absolute atomic E-state index is 12.8. The first-order valence-electron chi connectivity index (χ1n) is 8.21. The van der Waals surface area contributed by atoms with Gasteiger partial charge in [0, 0.05) is 19.6 Å². The molecule has 2 aromatic rings. The van der Waals surface area contributed by atoms with Gasteiger partial charge in [-0.05, 0) is 11.1 Å². The van der Waals surface area contributed by atoms with Gasteiger partial charge in [-0.15, -0.1) is 0 Å². The summed E-state index contributed by atoms with van der Waals surface area (Å²) < 4.78 is 0. The van der Waals surface area contributed by atoms with Gasteiger partial charge >= 0.3 is 6.03 Å². The van der Waals surface area contributed by atoms with Crippen LogP contribution in [-0.4, -0.2) is 52.3 Å². The van der Waals surface area contributed by atoms with Gasteiger partial charge in [-0.25, -0.2) is 4.79 Å². The van der Waals surface area contributed by atoms with Crippen LogP contribution in [0.2, 0.25) is 0 Å². The lowest BCUT2D eigenvalue weighted by molar-refractivity contribution is 0.0186. The highest BCUT2D eigenvalue weighted by atomic mass is 16.3. The molecule has 1 N–H and O–H groups in total. The fourth-order valence-electron chi connectivity index (χ4n) is 2.97. The minimum absolute atomic E-state index is 0.0388. The molecule has 0 saturated carbocycles. The summed E-state index contributed by atoms with van der Waals surface area (Å²) in [6, 6.07) is 20.0. The van der Waals surface area contributed by atoms with E-state index in [0.29, 0.717) is 33.0 Å². The molecule has 0 aromatic heterocycles. The molecular weight excluding hydrogens is 302 g/mol. The van der Waals surface area contributed by atoms with Crippen molar-refractivity contribution in [3.8, 4) is 0 Å². The SMILES string of the molecule is O=C1N(Cc2ccccc2)CN(CCO)CN1Cc1ccccc1. The van der Waals surface area contributed by atoms with Crippen LogP contribution in [-0.2, 0) is 13.1 Å². The number of β-amino-alcohol motifs (C(OH)–C–C–N with tert-alkyl or cyclic N) is 1. The average molecular weight is 325 g/mol. The van der Waals surface area contributed by atoms with Crippen molar-refractivity contribution >= 4 is 6.03 Å². The summed E-state index contributed by atoms with van der Waals surface area (Å²) in [5.41, 5.74) is 2.22. The maximum atomic E-state index is 12.8. The molecule has 1 heterocycles. The molecule has 0 bridgehead atoms. The first-order chi connectivity index (χ1) is 11.8. The van der Waals surface area contributed by atoms with Crippen molar-refractivity contribution in [3.05, 3.63) is 71.8 Å². The van der Waals surface area contributed by atoms with E-state index in [0.717, 1.165) is 11.1 Å². The van der Waals surface area contributed by atoms with E-state index in [2.05, 4.69) is 4.90 Å². The molecule has 0 radical (unpaired) electrons. The predicted octanol–water partition coefficient (Wildman–Crippen LogP) is 2.33. The lowest BCUT2D eigenvalue weighted by Gasteiger charge is -2.42. The molecule has 2 amide bonds. The Morgan fingerprint density at radius 3 is 1.67 bits per heavy atom. The first kappa shape index (κ1) is 16.5. The van der Waals surface area contributed by atoms with E-state index in [9.17, 15) is 9.90 Å². The molecule has 1 fully saturated rings. The zero-order valence-corrected chi connectivity index (χ0v) is 13.7. The van der Waals surface area contributed by atoms with Crippen molar-refractivity contribution in [2.45, 2.75) is 13.1 Å². The number of nitrogens with zero attached hydrogens (tertiary/aromatic N) is 3. The van der Waals surface area contributed by atoms with E-state index >= 15 is 0 Å². The smallest absolute Gasteiger partial charge is 0.322 e. The van der Waals surface area contributed by atoms with Crippen LogP contribution in [0.25, 0.3) is 0 Å². The third-order valence-corrected chi connectivity index (χ3v) is 4.13. The molecule has 5 heteroatoms. The highest BCUT2D eigenvalue weighted by Gasteiger charge is 2.29. The third-order valence-electron chi connectivity index (χ3n) is 4.13. The molecule has 0 spiro atoms. The molecule has 1 aliphatic heterocycles. The second kappa shape index (κ2) is 7.95. The van der Waals surface area contributed by atoms with Gasteiger partial charge in [0.2, 0.25) is 0 Å². The number of amides is 2. The van der Waals surface area contributed by atoms with Crippen LogP contribution in [0.3, 0.4) is 0 Å². The quantitative estimate of drug-likeness (QED) is 0.887. The van der Waals surface area contributed by atoms with E-state index in [1.54, 1.807) is 0 Å². The Morgan fingerprint density at radius 1 is 0.792 bits per heavy atom. The van der Waals surface area contributed by atoms with Gasteiger partial charge in [-0.1, -0.05) is 60.7 Å². The van der Waals surface area contributed by atoms with E-state index in [-0.39, 0.29) is 12.6 Å². The monoisotopic (exact) mass is 325 g/mol. The summed E-state index contributed by atoms with van der Waals surface area (Å²) in [6.07, 6.45) is 0. The first-order valence-corrected chi connectivity index (χ1v) is 8.21. The van der Waals surface area contributed by atoms with Crippen molar-refractivity contribution in [3.63, 3.8) is 0 Å². The third kappa shape index (κ3) is 4.13. The van der Waals surface area contributed by atoms with E-state index in [4.69, 9.17) is 0 Å². The van der Waals surface area contributed by atoms with E-state index in [1.165, 1.54) is 0 Å². The van der Waals surface area contributed by atoms with Crippen molar-refractivity contribution in [1.82, 2.24) is 14.7 Å². The molecule has 0 atom stereocenters. The summed E-state index contributed by atoms with van der Waals surface area (Å²) in [6.45, 7) is 2.88. The minimum atomic E-state index is 0.0388.